The first kappa shape index (κ1) is 24.1. The number of anilines is 2. The second kappa shape index (κ2) is 9.45. The van der Waals surface area contributed by atoms with E-state index in [-0.39, 0.29) is 17.4 Å². The van der Waals surface area contributed by atoms with Gasteiger partial charge in [0.25, 0.3) is 5.56 Å². The van der Waals surface area contributed by atoms with Crippen LogP contribution in [-0.4, -0.2) is 54.9 Å². The molecule has 2 aliphatic rings. The Labute approximate surface area is 210 Å². The topological polar surface area (TPSA) is 49.7 Å². The summed E-state index contributed by atoms with van der Waals surface area (Å²) >= 11 is 6.12. The highest BCUT2D eigenvalue weighted by atomic mass is 35.5. The second-order valence-corrected chi connectivity index (χ2v) is 10.3. The molecule has 6 nitrogen and oxygen atoms in total. The van der Waals surface area contributed by atoms with E-state index in [1.165, 1.54) is 4.57 Å². The maximum atomic E-state index is 16.4. The van der Waals surface area contributed by atoms with Crippen molar-refractivity contribution >= 4 is 33.9 Å². The number of hydrogen-bond acceptors (Lipinski definition) is 5. The second-order valence-electron chi connectivity index (χ2n) is 9.82. The molecular formula is C27H32ClFN4O2. The molecule has 2 fully saturated rings. The molecule has 1 aromatic heterocycles. The lowest BCUT2D eigenvalue weighted by Crippen LogP contribution is -2.57. The minimum absolute atomic E-state index is 0.175. The highest BCUT2D eigenvalue weighted by Gasteiger charge is 2.31. The van der Waals surface area contributed by atoms with E-state index in [0.29, 0.717) is 40.7 Å². The normalized spacial score (nSPS) is 18.1. The Hall–Kier alpha value is -2.61. The fourth-order valence-electron chi connectivity index (χ4n) is 5.29. The van der Waals surface area contributed by atoms with Crippen molar-refractivity contribution in [3.8, 4) is 0 Å². The van der Waals surface area contributed by atoms with E-state index >= 15 is 4.39 Å². The van der Waals surface area contributed by atoms with Crippen molar-refractivity contribution in [1.82, 2.24) is 9.47 Å². The maximum absolute atomic E-state index is 16.4. The van der Waals surface area contributed by atoms with Crippen molar-refractivity contribution in [3.05, 3.63) is 68.2 Å². The first-order chi connectivity index (χ1) is 16.7. The average molecular weight is 499 g/mol. The third-order valence-corrected chi connectivity index (χ3v) is 7.59. The van der Waals surface area contributed by atoms with E-state index in [4.69, 9.17) is 16.3 Å². The molecule has 35 heavy (non-hydrogen) atoms. The first-order valence-electron chi connectivity index (χ1n) is 12.2. The van der Waals surface area contributed by atoms with Crippen LogP contribution in [0.3, 0.4) is 0 Å². The third-order valence-electron chi connectivity index (χ3n) is 7.36. The Morgan fingerprint density at radius 3 is 2.46 bits per heavy atom. The number of rotatable bonds is 5. The SMILES string of the molecule is Cc1cc(C(C)Nc2ccc(Cl)cc2C)c2c(F)c(N3CCN(C4COC4)CC3)n(C)c(=O)c2c1. The molecule has 1 unspecified atom stereocenters. The fraction of sp³-hybridized carbons (Fsp3) is 0.444. The van der Waals surface area contributed by atoms with Crippen molar-refractivity contribution in [2.24, 2.45) is 7.05 Å². The Bertz CT molecular complexity index is 1330. The van der Waals surface area contributed by atoms with Gasteiger partial charge in [-0.1, -0.05) is 17.7 Å². The number of pyridine rings is 1. The lowest BCUT2D eigenvalue weighted by atomic mass is 9.96. The fourth-order valence-corrected chi connectivity index (χ4v) is 5.52. The Morgan fingerprint density at radius 1 is 1.11 bits per heavy atom. The summed E-state index contributed by atoms with van der Waals surface area (Å²) in [4.78, 5) is 17.9. The standard InChI is InChI=1S/C27H32ClFN4O2/c1-16-11-21(18(3)30-23-6-5-19(28)13-17(23)2)24-22(12-16)27(34)31(4)26(25(24)29)33-9-7-32(8-10-33)20-14-35-15-20/h5-6,11-13,18,20,30H,7-10,14-15H2,1-4H3. The van der Waals surface area contributed by atoms with Gasteiger partial charge in [-0.05, 0) is 61.7 Å². The van der Waals surface area contributed by atoms with Gasteiger partial charge < -0.3 is 15.0 Å². The molecule has 0 spiro atoms. The van der Waals surface area contributed by atoms with E-state index in [0.717, 1.165) is 48.7 Å². The van der Waals surface area contributed by atoms with Crippen molar-refractivity contribution in [2.75, 3.05) is 49.6 Å². The molecule has 2 aliphatic heterocycles. The quantitative estimate of drug-likeness (QED) is 0.555. The van der Waals surface area contributed by atoms with Crippen LogP contribution in [0.5, 0.6) is 0 Å². The maximum Gasteiger partial charge on any atom is 0.259 e. The van der Waals surface area contributed by atoms with E-state index < -0.39 is 0 Å². The summed E-state index contributed by atoms with van der Waals surface area (Å²) in [6, 6.07) is 9.67. The molecule has 2 aromatic carbocycles. The largest absolute Gasteiger partial charge is 0.378 e. The van der Waals surface area contributed by atoms with Gasteiger partial charge in [0, 0.05) is 55.4 Å². The average Bonchev–Trinajstić information content (AvgIpc) is 2.79. The molecule has 0 bridgehead atoms. The summed E-state index contributed by atoms with van der Waals surface area (Å²) in [5, 5.41) is 4.98. The smallest absolute Gasteiger partial charge is 0.259 e. The van der Waals surface area contributed by atoms with Gasteiger partial charge in [-0.3, -0.25) is 14.3 Å². The minimum Gasteiger partial charge on any atom is -0.378 e. The number of benzene rings is 2. The molecule has 0 radical (unpaired) electrons. The third kappa shape index (κ3) is 4.41. The minimum atomic E-state index is -0.334. The van der Waals surface area contributed by atoms with Gasteiger partial charge in [0.2, 0.25) is 0 Å². The number of fused-ring (bicyclic) bond motifs is 1. The Balaban J connectivity index is 1.55. The lowest BCUT2D eigenvalue weighted by Gasteiger charge is -2.43. The molecule has 3 heterocycles. The van der Waals surface area contributed by atoms with Crippen molar-refractivity contribution in [3.63, 3.8) is 0 Å². The summed E-state index contributed by atoms with van der Waals surface area (Å²) in [5.74, 6) is 0.0333. The lowest BCUT2D eigenvalue weighted by molar-refractivity contribution is -0.0661. The van der Waals surface area contributed by atoms with E-state index in [2.05, 4.69) is 10.2 Å². The van der Waals surface area contributed by atoms with Crippen LogP contribution < -0.4 is 15.8 Å². The van der Waals surface area contributed by atoms with Crippen molar-refractivity contribution in [2.45, 2.75) is 32.9 Å². The Kier molecular flexibility index (Phi) is 6.51. The molecule has 186 valence electrons. The van der Waals surface area contributed by atoms with Crippen LogP contribution in [0.15, 0.2) is 35.1 Å². The van der Waals surface area contributed by atoms with Crippen LogP contribution >= 0.6 is 11.6 Å². The number of halogens is 2. The van der Waals surface area contributed by atoms with Gasteiger partial charge in [-0.25, -0.2) is 4.39 Å². The number of aryl methyl sites for hydroxylation is 2. The summed E-state index contributed by atoms with van der Waals surface area (Å²) in [6.07, 6.45) is 0. The highest BCUT2D eigenvalue weighted by molar-refractivity contribution is 6.30. The zero-order chi connectivity index (χ0) is 24.9. The molecule has 8 heteroatoms. The predicted octanol–water partition coefficient (Wildman–Crippen LogP) is 4.64. The van der Waals surface area contributed by atoms with E-state index in [1.807, 2.05) is 49.9 Å². The van der Waals surface area contributed by atoms with E-state index in [1.54, 1.807) is 13.1 Å². The predicted molar refractivity (Wildman–Crippen MR) is 141 cm³/mol. The molecule has 1 N–H and O–H groups in total. The van der Waals surface area contributed by atoms with Crippen LogP contribution in [0, 0.1) is 19.7 Å². The van der Waals surface area contributed by atoms with Crippen LogP contribution in [0.1, 0.15) is 29.7 Å². The van der Waals surface area contributed by atoms with Crippen molar-refractivity contribution < 1.29 is 9.13 Å². The van der Waals surface area contributed by atoms with Gasteiger partial charge in [0.05, 0.1) is 24.6 Å². The van der Waals surface area contributed by atoms with Crippen LogP contribution in [0.4, 0.5) is 15.9 Å². The van der Waals surface area contributed by atoms with Gasteiger partial charge in [-0.15, -0.1) is 0 Å². The molecule has 5 rings (SSSR count). The summed E-state index contributed by atoms with van der Waals surface area (Å²) in [7, 11) is 1.67. The zero-order valence-corrected chi connectivity index (χ0v) is 21.5. The molecular weight excluding hydrogens is 467 g/mol. The monoisotopic (exact) mass is 498 g/mol. The molecule has 3 aromatic rings. The summed E-state index contributed by atoms with van der Waals surface area (Å²) in [6.45, 7) is 10.5. The Morgan fingerprint density at radius 2 is 1.83 bits per heavy atom. The summed E-state index contributed by atoms with van der Waals surface area (Å²) < 4.78 is 23.2. The molecule has 2 saturated heterocycles. The van der Waals surface area contributed by atoms with Gasteiger partial charge in [0.1, 0.15) is 5.82 Å². The van der Waals surface area contributed by atoms with Crippen LogP contribution in [0.2, 0.25) is 5.02 Å². The number of nitrogens with zero attached hydrogens (tertiary/aromatic N) is 3. The summed E-state index contributed by atoms with van der Waals surface area (Å²) in [5.41, 5.74) is 3.46. The van der Waals surface area contributed by atoms with E-state index in [9.17, 15) is 4.79 Å². The highest BCUT2D eigenvalue weighted by Crippen LogP contribution is 2.34. The molecule has 0 amide bonds. The van der Waals surface area contributed by atoms with Gasteiger partial charge in [0.15, 0.2) is 5.82 Å². The van der Waals surface area contributed by atoms with Crippen molar-refractivity contribution in [1.29, 1.82) is 0 Å². The van der Waals surface area contributed by atoms with Gasteiger partial charge >= 0.3 is 0 Å². The molecule has 0 saturated carbocycles. The number of hydrogen-bond donors (Lipinski definition) is 1. The molecule has 1 atom stereocenters. The zero-order valence-electron chi connectivity index (χ0n) is 20.7. The first-order valence-corrected chi connectivity index (χ1v) is 12.5. The van der Waals surface area contributed by atoms with Crippen LogP contribution in [-0.2, 0) is 11.8 Å². The van der Waals surface area contributed by atoms with Gasteiger partial charge in [-0.2, -0.15) is 0 Å². The number of ether oxygens (including phenoxy) is 1. The number of nitrogens with one attached hydrogen (secondary N) is 1. The molecule has 0 aliphatic carbocycles. The number of aromatic nitrogens is 1. The number of piperazine rings is 1. The van der Waals surface area contributed by atoms with Crippen LogP contribution in [0.25, 0.3) is 10.8 Å².